The van der Waals surface area contributed by atoms with Gasteiger partial charge in [0.2, 0.25) is 0 Å². The summed E-state index contributed by atoms with van der Waals surface area (Å²) < 4.78 is 118. The molecule has 0 N–H and O–H groups in total. The van der Waals surface area contributed by atoms with E-state index in [2.05, 4.69) is 0 Å². The molecule has 0 aliphatic carbocycles. The van der Waals surface area contributed by atoms with Crippen molar-refractivity contribution in [3.8, 4) is 34.5 Å². The average Bonchev–Trinajstić information content (AvgIpc) is 3.17. The quantitative estimate of drug-likeness (QED) is 0.0824. The molecule has 18 heteroatoms. The maximum atomic E-state index is 14.5. The summed E-state index contributed by atoms with van der Waals surface area (Å²) in [7, 11) is 0. The van der Waals surface area contributed by atoms with Gasteiger partial charge in [-0.25, -0.2) is 55.1 Å². The van der Waals surface area contributed by atoms with Crippen molar-refractivity contribution in [1.82, 2.24) is 0 Å². The third kappa shape index (κ3) is 8.52. The number of hydrogen-bond donors (Lipinski definition) is 0. The largest absolute Gasteiger partial charge is 0.422 e. The Morgan fingerprint density at radius 2 is 0.367 bits per heavy atom. The lowest BCUT2D eigenvalue weighted by Crippen LogP contribution is -2.20. The number of carbonyl (C=O) groups is 6. The van der Waals surface area contributed by atoms with Gasteiger partial charge in [-0.1, -0.05) is 0 Å². The van der Waals surface area contributed by atoms with E-state index >= 15 is 0 Å². The van der Waals surface area contributed by atoms with Crippen LogP contribution < -0.4 is 28.4 Å². The van der Waals surface area contributed by atoms with E-state index in [9.17, 15) is 55.1 Å². The van der Waals surface area contributed by atoms with Gasteiger partial charge in [0.15, 0.2) is 0 Å². The van der Waals surface area contributed by atoms with Crippen LogP contribution in [0, 0.1) is 34.9 Å². The molecule has 1 aliphatic rings. The van der Waals surface area contributed by atoms with Crippen LogP contribution >= 0.6 is 0 Å². The van der Waals surface area contributed by atoms with E-state index in [4.69, 9.17) is 28.4 Å². The molecule has 0 radical (unpaired) electrons. The lowest BCUT2D eigenvalue weighted by atomic mass is 10.1. The van der Waals surface area contributed by atoms with Gasteiger partial charge in [-0.2, -0.15) is 0 Å². The summed E-state index contributed by atoms with van der Waals surface area (Å²) in [5.74, 6) is -20.5. The SMILES string of the molecule is O=C1Oc2cc(F)ccc2C(=O)Oc2cc(F)ccc2C(=O)Oc2cc(F)ccc2C(=O)Oc2cc(F)ccc2C(=O)Oc2cc(F)ccc2C(=O)Oc2cc(F)ccc21. The summed E-state index contributed by atoms with van der Waals surface area (Å²) in [6, 6.07) is 12.4. The summed E-state index contributed by atoms with van der Waals surface area (Å²) in [5.41, 5.74) is -4.29. The summed E-state index contributed by atoms with van der Waals surface area (Å²) >= 11 is 0. The first-order valence-electron chi connectivity index (χ1n) is 16.7. The Kier molecular flexibility index (Phi) is 10.8. The van der Waals surface area contributed by atoms with E-state index in [1.165, 1.54) is 0 Å². The molecule has 0 atom stereocenters. The third-order valence-corrected chi connectivity index (χ3v) is 8.20. The van der Waals surface area contributed by atoms with E-state index in [0.29, 0.717) is 36.4 Å². The second-order valence-corrected chi connectivity index (χ2v) is 12.2. The Morgan fingerprint density at radius 1 is 0.233 bits per heavy atom. The molecular formula is C42H18F6O12. The fourth-order valence-corrected chi connectivity index (χ4v) is 5.42. The smallest absolute Gasteiger partial charge is 0.347 e. The molecule has 60 heavy (non-hydrogen) atoms. The third-order valence-electron chi connectivity index (χ3n) is 8.20. The van der Waals surface area contributed by atoms with Gasteiger partial charge in [0, 0.05) is 36.4 Å². The highest BCUT2D eigenvalue weighted by Crippen LogP contribution is 2.32. The molecule has 0 saturated heterocycles. The predicted octanol–water partition coefficient (Wildman–Crippen LogP) is 8.15. The van der Waals surface area contributed by atoms with Crippen LogP contribution in [0.5, 0.6) is 34.5 Å². The van der Waals surface area contributed by atoms with Crippen LogP contribution in [0.1, 0.15) is 62.1 Å². The zero-order valence-electron chi connectivity index (χ0n) is 29.6. The molecule has 0 unspecified atom stereocenters. The number of esters is 6. The minimum Gasteiger partial charge on any atom is -0.422 e. The van der Waals surface area contributed by atoms with Gasteiger partial charge in [0.05, 0.1) is 0 Å². The molecular weight excluding hydrogens is 810 g/mol. The second kappa shape index (κ2) is 16.3. The van der Waals surface area contributed by atoms with Crippen LogP contribution in [0.2, 0.25) is 0 Å². The van der Waals surface area contributed by atoms with Crippen LogP contribution in [0.25, 0.3) is 0 Å². The van der Waals surface area contributed by atoms with Crippen LogP contribution in [0.3, 0.4) is 0 Å². The monoisotopic (exact) mass is 828 g/mol. The number of ether oxygens (including phenoxy) is 6. The predicted molar refractivity (Wildman–Crippen MR) is 188 cm³/mol. The molecule has 12 nitrogen and oxygen atoms in total. The highest BCUT2D eigenvalue weighted by Gasteiger charge is 2.29. The first-order valence-corrected chi connectivity index (χ1v) is 16.7. The molecule has 0 fully saturated rings. The summed E-state index contributed by atoms with van der Waals surface area (Å²) in [5, 5.41) is 0. The Hall–Kier alpha value is -8.28. The number of rotatable bonds is 0. The molecule has 1 heterocycles. The van der Waals surface area contributed by atoms with Crippen molar-refractivity contribution >= 4 is 35.8 Å². The summed E-state index contributed by atoms with van der Waals surface area (Å²) in [6.45, 7) is 0. The zero-order valence-corrected chi connectivity index (χ0v) is 29.6. The lowest BCUT2D eigenvalue weighted by molar-refractivity contribution is 0.0686. The molecule has 6 aromatic carbocycles. The lowest BCUT2D eigenvalue weighted by Gasteiger charge is -2.15. The van der Waals surface area contributed by atoms with Gasteiger partial charge in [0.25, 0.3) is 0 Å². The number of benzene rings is 6. The highest BCUT2D eigenvalue weighted by atomic mass is 19.1. The first-order chi connectivity index (χ1) is 28.6. The van der Waals surface area contributed by atoms with Gasteiger partial charge in [-0.3, -0.25) is 0 Å². The fourth-order valence-electron chi connectivity index (χ4n) is 5.42. The molecule has 0 aromatic heterocycles. The molecule has 1 aliphatic heterocycles. The molecule has 300 valence electrons. The van der Waals surface area contributed by atoms with E-state index < -0.39 is 139 Å². The Labute approximate surface area is 331 Å². The molecule has 0 amide bonds. The topological polar surface area (TPSA) is 158 Å². The van der Waals surface area contributed by atoms with Gasteiger partial charge >= 0.3 is 35.8 Å². The zero-order chi connectivity index (χ0) is 42.8. The Balaban J connectivity index is 1.37. The highest BCUT2D eigenvalue weighted by molar-refractivity contribution is 6.03. The van der Waals surface area contributed by atoms with Gasteiger partial charge in [0.1, 0.15) is 103 Å². The van der Waals surface area contributed by atoms with Crippen molar-refractivity contribution in [2.45, 2.75) is 0 Å². The molecule has 0 saturated carbocycles. The van der Waals surface area contributed by atoms with Crippen molar-refractivity contribution in [3.05, 3.63) is 177 Å². The molecule has 0 bridgehead atoms. The standard InChI is InChI=1S/C42H18F6O12/c43-19-1-7-25-31(13-19)55-38(50)27-9-3-21(45)15-33(27)57-40(52)29-11-5-23(47)17-35(29)59-42(54)30-12-6-24(48)18-36(30)60-41(53)28-10-4-22(46)16-34(28)58-39(51)26-8-2-20(44)14-32(26)56-37(25)49/h1-18H. The maximum Gasteiger partial charge on any atom is 0.347 e. The number of fused-ring (bicyclic) bond motifs is 6. The van der Waals surface area contributed by atoms with E-state index in [0.717, 1.165) is 72.8 Å². The fraction of sp³-hybridized carbons (Fsp3) is 0. The Morgan fingerprint density at radius 3 is 0.500 bits per heavy atom. The van der Waals surface area contributed by atoms with Crippen molar-refractivity contribution in [2.75, 3.05) is 0 Å². The first kappa shape index (κ1) is 39.9. The van der Waals surface area contributed by atoms with Crippen LogP contribution in [0.4, 0.5) is 26.3 Å². The van der Waals surface area contributed by atoms with Crippen molar-refractivity contribution in [1.29, 1.82) is 0 Å². The average molecular weight is 829 g/mol. The number of halogens is 6. The van der Waals surface area contributed by atoms with E-state index in [1.54, 1.807) is 0 Å². The molecule has 0 spiro atoms. The van der Waals surface area contributed by atoms with Crippen LogP contribution in [-0.4, -0.2) is 35.8 Å². The van der Waals surface area contributed by atoms with Crippen molar-refractivity contribution < 1.29 is 83.5 Å². The normalized spacial score (nSPS) is 13.5. The van der Waals surface area contributed by atoms with Crippen LogP contribution in [-0.2, 0) is 0 Å². The Bertz CT molecular complexity index is 2330. The van der Waals surface area contributed by atoms with Gasteiger partial charge in [-0.15, -0.1) is 0 Å². The second-order valence-electron chi connectivity index (χ2n) is 12.2. The minimum absolute atomic E-state index is 0.546. The van der Waals surface area contributed by atoms with Crippen LogP contribution in [0.15, 0.2) is 109 Å². The summed E-state index contributed by atoms with van der Waals surface area (Å²) in [6.07, 6.45) is 0. The van der Waals surface area contributed by atoms with E-state index in [1.807, 2.05) is 0 Å². The number of carbonyl (C=O) groups excluding carboxylic acids is 6. The van der Waals surface area contributed by atoms with Crippen molar-refractivity contribution in [3.63, 3.8) is 0 Å². The number of hydrogen-bond acceptors (Lipinski definition) is 12. The van der Waals surface area contributed by atoms with Gasteiger partial charge in [-0.05, 0) is 72.8 Å². The van der Waals surface area contributed by atoms with E-state index in [-0.39, 0.29) is 0 Å². The van der Waals surface area contributed by atoms with Crippen molar-refractivity contribution in [2.24, 2.45) is 0 Å². The molecule has 7 rings (SSSR count). The minimum atomic E-state index is -1.49. The summed E-state index contributed by atoms with van der Waals surface area (Å²) in [4.78, 5) is 80.9. The van der Waals surface area contributed by atoms with Gasteiger partial charge < -0.3 is 28.4 Å². The molecule has 6 aromatic rings. The maximum absolute atomic E-state index is 14.5.